The van der Waals surface area contributed by atoms with Crippen molar-refractivity contribution in [3.05, 3.63) is 71.2 Å². The van der Waals surface area contributed by atoms with Crippen molar-refractivity contribution in [2.75, 3.05) is 24.8 Å². The molecule has 0 spiro atoms. The largest absolute Gasteiger partial charge is 0.466 e. The number of esters is 1. The molecule has 30 heavy (non-hydrogen) atoms. The molecule has 3 rings (SSSR count). The minimum Gasteiger partial charge on any atom is -0.466 e. The first-order chi connectivity index (χ1) is 14.3. The Morgan fingerprint density at radius 1 is 1.17 bits per heavy atom. The Morgan fingerprint density at radius 3 is 2.60 bits per heavy atom. The zero-order chi connectivity index (χ0) is 21.8. The number of benzene rings is 2. The lowest BCUT2D eigenvalue weighted by Gasteiger charge is -2.35. The van der Waals surface area contributed by atoms with E-state index in [-0.39, 0.29) is 5.69 Å². The van der Waals surface area contributed by atoms with Gasteiger partial charge in [0, 0.05) is 18.4 Å². The fourth-order valence-electron chi connectivity index (χ4n) is 3.10. The highest BCUT2D eigenvalue weighted by molar-refractivity contribution is 7.80. The second-order valence-electron chi connectivity index (χ2n) is 6.62. The van der Waals surface area contributed by atoms with E-state index in [9.17, 15) is 14.0 Å². The van der Waals surface area contributed by atoms with Crippen molar-refractivity contribution in [1.82, 2.24) is 10.2 Å². The van der Waals surface area contributed by atoms with E-state index in [2.05, 4.69) is 16.0 Å². The number of ether oxygens (including phenoxy) is 1. The van der Waals surface area contributed by atoms with Crippen LogP contribution in [0.15, 0.2) is 59.8 Å². The number of halogens is 1. The molecule has 156 valence electrons. The first-order valence-corrected chi connectivity index (χ1v) is 9.48. The third kappa shape index (κ3) is 4.41. The van der Waals surface area contributed by atoms with Crippen molar-refractivity contribution in [2.45, 2.75) is 13.0 Å². The smallest absolute Gasteiger partial charge is 0.337 e. The minimum absolute atomic E-state index is 0.0695. The van der Waals surface area contributed by atoms with Crippen LogP contribution in [0.2, 0.25) is 0 Å². The van der Waals surface area contributed by atoms with Gasteiger partial charge in [-0.1, -0.05) is 24.3 Å². The third-order valence-electron chi connectivity index (χ3n) is 4.76. The van der Waals surface area contributed by atoms with E-state index in [1.54, 1.807) is 43.1 Å². The summed E-state index contributed by atoms with van der Waals surface area (Å²) in [7, 11) is 3.08. The number of allylic oxidation sites excluding steroid dienone is 1. The number of thiocarbonyl (C=S) groups is 1. The minimum atomic E-state index is -0.593. The number of hydrogen-bond acceptors (Lipinski definition) is 4. The highest BCUT2D eigenvalue weighted by Gasteiger charge is 2.33. The van der Waals surface area contributed by atoms with Gasteiger partial charge in [0.15, 0.2) is 5.11 Å². The molecule has 0 aromatic heterocycles. The summed E-state index contributed by atoms with van der Waals surface area (Å²) in [4.78, 5) is 26.4. The Hall–Kier alpha value is -3.46. The monoisotopic (exact) mass is 428 g/mol. The first-order valence-electron chi connectivity index (χ1n) is 9.07. The van der Waals surface area contributed by atoms with Crippen LogP contribution in [-0.2, 0) is 9.53 Å². The molecule has 0 fully saturated rings. The summed E-state index contributed by atoms with van der Waals surface area (Å²) in [6.07, 6.45) is 0. The highest BCUT2D eigenvalue weighted by atomic mass is 32.1. The van der Waals surface area contributed by atoms with Gasteiger partial charge >= 0.3 is 12.0 Å². The zero-order valence-corrected chi connectivity index (χ0v) is 17.5. The molecule has 2 aromatic carbocycles. The third-order valence-corrected chi connectivity index (χ3v) is 5.15. The van der Waals surface area contributed by atoms with Crippen LogP contribution in [0.4, 0.5) is 20.6 Å². The Morgan fingerprint density at radius 2 is 1.90 bits per heavy atom. The highest BCUT2D eigenvalue weighted by Crippen LogP contribution is 2.31. The van der Waals surface area contributed by atoms with E-state index in [0.29, 0.717) is 27.6 Å². The van der Waals surface area contributed by atoms with Gasteiger partial charge in [0.2, 0.25) is 0 Å². The van der Waals surface area contributed by atoms with Gasteiger partial charge in [-0.05, 0) is 49.0 Å². The van der Waals surface area contributed by atoms with Gasteiger partial charge in [0.05, 0.1) is 24.4 Å². The Bertz CT molecular complexity index is 1040. The average molecular weight is 428 g/mol. The lowest BCUT2D eigenvalue weighted by Crippen LogP contribution is -2.46. The molecule has 0 radical (unpaired) electrons. The molecule has 7 nitrogen and oxygen atoms in total. The summed E-state index contributed by atoms with van der Waals surface area (Å²) in [5.74, 6) is -1.01. The second kappa shape index (κ2) is 8.91. The van der Waals surface area contributed by atoms with Crippen molar-refractivity contribution in [2.24, 2.45) is 0 Å². The molecule has 1 unspecified atom stereocenters. The fraction of sp³-hybridized carbons (Fsp3) is 0.190. The summed E-state index contributed by atoms with van der Waals surface area (Å²) in [6.45, 7) is 1.79. The summed E-state index contributed by atoms with van der Waals surface area (Å²) >= 11 is 5.36. The van der Waals surface area contributed by atoms with Crippen LogP contribution < -0.4 is 16.0 Å². The Balaban J connectivity index is 1.85. The number of carbonyl (C=O) groups is 2. The SMILES string of the molecule is COC(=O)C1=C(C)N(C)C(=S)NC1c1cccc(NC(=O)Nc2ccccc2F)c1. The van der Waals surface area contributed by atoms with E-state index in [0.717, 1.165) is 0 Å². The van der Waals surface area contributed by atoms with Crippen LogP contribution in [0, 0.1) is 5.82 Å². The topological polar surface area (TPSA) is 82.7 Å². The van der Waals surface area contributed by atoms with Crippen LogP contribution in [0.5, 0.6) is 0 Å². The van der Waals surface area contributed by atoms with E-state index >= 15 is 0 Å². The molecule has 2 aromatic rings. The maximum Gasteiger partial charge on any atom is 0.337 e. The van der Waals surface area contributed by atoms with Gasteiger partial charge in [0.1, 0.15) is 5.82 Å². The quantitative estimate of drug-likeness (QED) is 0.508. The van der Waals surface area contributed by atoms with Crippen molar-refractivity contribution in [3.63, 3.8) is 0 Å². The maximum absolute atomic E-state index is 13.7. The lowest BCUT2D eigenvalue weighted by atomic mass is 9.95. The number of rotatable bonds is 4. The molecule has 1 atom stereocenters. The number of amides is 2. The van der Waals surface area contributed by atoms with Crippen molar-refractivity contribution >= 4 is 40.7 Å². The molecule has 1 aliphatic rings. The summed E-state index contributed by atoms with van der Waals surface area (Å²) < 4.78 is 18.7. The van der Waals surface area contributed by atoms with E-state index in [1.165, 1.54) is 25.3 Å². The molecule has 3 N–H and O–H groups in total. The average Bonchev–Trinajstić information content (AvgIpc) is 2.73. The molecule has 1 aliphatic heterocycles. The van der Waals surface area contributed by atoms with Crippen molar-refractivity contribution in [1.29, 1.82) is 0 Å². The molecule has 9 heteroatoms. The Labute approximate surface area is 178 Å². The number of urea groups is 1. The number of methoxy groups -OCH3 is 1. The second-order valence-corrected chi connectivity index (χ2v) is 7.00. The molecular weight excluding hydrogens is 407 g/mol. The van der Waals surface area contributed by atoms with Crippen LogP contribution in [0.3, 0.4) is 0 Å². The van der Waals surface area contributed by atoms with E-state index in [1.807, 2.05) is 6.07 Å². The predicted molar refractivity (Wildman–Crippen MR) is 116 cm³/mol. The van der Waals surface area contributed by atoms with E-state index in [4.69, 9.17) is 17.0 Å². The zero-order valence-electron chi connectivity index (χ0n) is 16.7. The van der Waals surface area contributed by atoms with Gasteiger partial charge in [-0.25, -0.2) is 14.0 Å². The van der Waals surface area contributed by atoms with Crippen LogP contribution in [0.1, 0.15) is 18.5 Å². The predicted octanol–water partition coefficient (Wildman–Crippen LogP) is 3.78. The number of nitrogens with zero attached hydrogens (tertiary/aromatic N) is 1. The maximum atomic E-state index is 13.7. The van der Waals surface area contributed by atoms with Gasteiger partial charge in [0.25, 0.3) is 0 Å². The number of carbonyl (C=O) groups excluding carboxylic acids is 2. The van der Waals surface area contributed by atoms with Gasteiger partial charge in [-0.2, -0.15) is 0 Å². The normalized spacial score (nSPS) is 16.1. The molecule has 0 bridgehead atoms. The van der Waals surface area contributed by atoms with E-state index < -0.39 is 23.9 Å². The molecule has 1 heterocycles. The molecule has 2 amide bonds. The molecular formula is C21H21FN4O3S. The van der Waals surface area contributed by atoms with Gasteiger partial charge < -0.3 is 25.6 Å². The summed E-state index contributed by atoms with van der Waals surface area (Å²) in [5.41, 5.74) is 2.33. The lowest BCUT2D eigenvalue weighted by molar-refractivity contribution is -0.136. The summed E-state index contributed by atoms with van der Waals surface area (Å²) in [6, 6.07) is 11.7. The van der Waals surface area contributed by atoms with Crippen LogP contribution >= 0.6 is 12.2 Å². The van der Waals surface area contributed by atoms with Gasteiger partial charge in [-0.15, -0.1) is 0 Å². The van der Waals surface area contributed by atoms with Crippen molar-refractivity contribution < 1.29 is 18.7 Å². The summed E-state index contributed by atoms with van der Waals surface area (Å²) in [5, 5.41) is 8.71. The van der Waals surface area contributed by atoms with Crippen LogP contribution in [-0.4, -0.2) is 36.2 Å². The molecule has 0 saturated heterocycles. The number of hydrogen-bond donors (Lipinski definition) is 3. The Kier molecular flexibility index (Phi) is 6.31. The number of para-hydroxylation sites is 1. The molecule has 0 aliphatic carbocycles. The number of nitrogens with one attached hydrogen (secondary N) is 3. The van der Waals surface area contributed by atoms with Gasteiger partial charge in [-0.3, -0.25) is 0 Å². The van der Waals surface area contributed by atoms with Crippen molar-refractivity contribution in [3.8, 4) is 0 Å². The first kappa shape index (κ1) is 21.3. The number of anilines is 2. The standard InChI is InChI=1S/C21H21FN4O3S/c1-12-17(19(27)29-3)18(25-21(30)26(12)2)13-7-6-8-14(11-13)23-20(28)24-16-10-5-4-9-15(16)22/h4-11,18H,1-3H3,(H,25,30)(H2,23,24,28). The fourth-order valence-corrected chi connectivity index (χ4v) is 3.36. The van der Waals surface area contributed by atoms with Crippen LogP contribution in [0.25, 0.3) is 0 Å². The molecule has 0 saturated carbocycles.